The molecule has 0 radical (unpaired) electrons. The van der Waals surface area contributed by atoms with Crippen molar-refractivity contribution in [2.45, 2.75) is 13.3 Å². The second-order valence-electron chi connectivity index (χ2n) is 3.92. The summed E-state index contributed by atoms with van der Waals surface area (Å²) >= 11 is 0. The monoisotopic (exact) mass is 249 g/mol. The number of benzene rings is 1. The van der Waals surface area contributed by atoms with Gasteiger partial charge < -0.3 is 15.2 Å². The lowest BCUT2D eigenvalue weighted by atomic mass is 10.1. The summed E-state index contributed by atoms with van der Waals surface area (Å²) < 4.78 is 5.07. The van der Waals surface area contributed by atoms with Gasteiger partial charge in [-0.1, -0.05) is 12.1 Å². The number of hydrogen-bond donors (Lipinski definition) is 2. The van der Waals surface area contributed by atoms with E-state index in [-0.39, 0.29) is 12.5 Å². The van der Waals surface area contributed by atoms with E-state index >= 15 is 0 Å². The molecule has 98 valence electrons. The van der Waals surface area contributed by atoms with E-state index < -0.39 is 0 Å². The average molecular weight is 249 g/mol. The first-order valence-corrected chi connectivity index (χ1v) is 5.88. The predicted molar refractivity (Wildman–Crippen MR) is 71.4 cm³/mol. The molecule has 2 N–H and O–H groups in total. The number of carbonyl (C=O) groups excluding carboxylic acids is 1. The highest BCUT2D eigenvalue weighted by Gasteiger charge is 2.00. The van der Waals surface area contributed by atoms with Gasteiger partial charge in [-0.25, -0.2) is 0 Å². The third-order valence-corrected chi connectivity index (χ3v) is 2.53. The second kappa shape index (κ2) is 7.50. The van der Waals surface area contributed by atoms with E-state index in [1.165, 1.54) is 0 Å². The lowest BCUT2D eigenvalue weighted by molar-refractivity contribution is -0.116. The van der Waals surface area contributed by atoms with Crippen molar-refractivity contribution >= 4 is 11.5 Å². The number of amides is 1. The molecular weight excluding hydrogens is 230 g/mol. The fraction of sp³-hybridized carbons (Fsp3) is 0.357. The lowest BCUT2D eigenvalue weighted by Crippen LogP contribution is -2.23. The Kier molecular flexibility index (Phi) is 5.94. The van der Waals surface area contributed by atoms with Gasteiger partial charge in [-0.15, -0.1) is 0 Å². The fourth-order valence-electron chi connectivity index (χ4n) is 1.48. The number of ether oxygens (including phenoxy) is 1. The van der Waals surface area contributed by atoms with E-state index in [1.54, 1.807) is 13.2 Å². The Hall–Kier alpha value is -1.81. The first kappa shape index (κ1) is 14.3. The molecule has 1 amide bonds. The van der Waals surface area contributed by atoms with Gasteiger partial charge in [0.05, 0.1) is 7.11 Å². The summed E-state index contributed by atoms with van der Waals surface area (Å²) in [6.45, 7) is 2.45. The van der Waals surface area contributed by atoms with E-state index in [1.807, 2.05) is 31.2 Å². The molecule has 0 atom stereocenters. The molecule has 1 aromatic carbocycles. The minimum absolute atomic E-state index is 0.0848. The standard InChI is InChI=1S/C14H19NO3/c1-11(10-14(17)15-8-3-9-16)12-4-6-13(18-2)7-5-12/h4-7,10,16H,3,8-9H2,1-2H3,(H,15,17)/b11-10+. The summed E-state index contributed by atoms with van der Waals surface area (Å²) in [5.74, 6) is 0.649. The minimum atomic E-state index is -0.142. The predicted octanol–water partition coefficient (Wildman–Crippen LogP) is 1.60. The zero-order valence-electron chi connectivity index (χ0n) is 10.8. The number of methoxy groups -OCH3 is 1. The smallest absolute Gasteiger partial charge is 0.244 e. The van der Waals surface area contributed by atoms with Crippen LogP contribution in [0.1, 0.15) is 18.9 Å². The van der Waals surface area contributed by atoms with Gasteiger partial charge in [-0.3, -0.25) is 4.79 Å². The summed E-state index contributed by atoms with van der Waals surface area (Å²) in [7, 11) is 1.62. The van der Waals surface area contributed by atoms with Gasteiger partial charge in [0.1, 0.15) is 5.75 Å². The second-order valence-corrected chi connectivity index (χ2v) is 3.92. The van der Waals surface area contributed by atoms with E-state index in [0.717, 1.165) is 16.9 Å². The van der Waals surface area contributed by atoms with Crippen LogP contribution in [-0.2, 0) is 4.79 Å². The molecule has 0 saturated carbocycles. The molecule has 0 bridgehead atoms. The van der Waals surface area contributed by atoms with Gasteiger partial charge in [-0.2, -0.15) is 0 Å². The van der Waals surface area contributed by atoms with Crippen molar-refractivity contribution in [2.75, 3.05) is 20.3 Å². The molecular formula is C14H19NO3. The Bertz CT molecular complexity index is 410. The molecule has 4 heteroatoms. The maximum Gasteiger partial charge on any atom is 0.244 e. The first-order valence-electron chi connectivity index (χ1n) is 5.88. The molecule has 0 heterocycles. The van der Waals surface area contributed by atoms with Crippen LogP contribution in [0.4, 0.5) is 0 Å². The number of carbonyl (C=O) groups is 1. The minimum Gasteiger partial charge on any atom is -0.497 e. The van der Waals surface area contributed by atoms with Crippen LogP contribution in [0.15, 0.2) is 30.3 Å². The molecule has 0 aromatic heterocycles. The van der Waals surface area contributed by atoms with Gasteiger partial charge in [0.25, 0.3) is 0 Å². The van der Waals surface area contributed by atoms with Gasteiger partial charge in [0.15, 0.2) is 0 Å². The van der Waals surface area contributed by atoms with Crippen LogP contribution in [0.2, 0.25) is 0 Å². The normalized spacial score (nSPS) is 11.2. The largest absolute Gasteiger partial charge is 0.497 e. The SMILES string of the molecule is COc1ccc(/C(C)=C/C(=O)NCCCO)cc1. The number of allylic oxidation sites excluding steroid dienone is 1. The van der Waals surface area contributed by atoms with Crippen LogP contribution in [0.25, 0.3) is 5.57 Å². The van der Waals surface area contributed by atoms with Gasteiger partial charge in [0, 0.05) is 19.2 Å². The summed E-state index contributed by atoms with van der Waals surface area (Å²) in [6, 6.07) is 7.53. The average Bonchev–Trinajstić information content (AvgIpc) is 2.39. The van der Waals surface area contributed by atoms with Crippen LogP contribution in [0, 0.1) is 0 Å². The van der Waals surface area contributed by atoms with Crippen molar-refractivity contribution in [3.05, 3.63) is 35.9 Å². The fourth-order valence-corrected chi connectivity index (χ4v) is 1.48. The molecule has 0 aliphatic carbocycles. The summed E-state index contributed by atoms with van der Waals surface area (Å²) in [5.41, 5.74) is 1.87. The highest BCUT2D eigenvalue weighted by molar-refractivity contribution is 5.94. The molecule has 0 saturated heterocycles. The summed E-state index contributed by atoms with van der Waals surface area (Å²) in [5, 5.41) is 11.3. The van der Waals surface area contributed by atoms with Crippen LogP contribution in [0.3, 0.4) is 0 Å². The number of hydrogen-bond acceptors (Lipinski definition) is 3. The number of rotatable bonds is 6. The van der Waals surface area contributed by atoms with Crippen molar-refractivity contribution in [1.82, 2.24) is 5.32 Å². The highest BCUT2D eigenvalue weighted by atomic mass is 16.5. The van der Waals surface area contributed by atoms with Crippen LogP contribution in [0.5, 0.6) is 5.75 Å². The van der Waals surface area contributed by atoms with E-state index in [0.29, 0.717) is 13.0 Å². The third kappa shape index (κ3) is 4.59. The van der Waals surface area contributed by atoms with E-state index in [4.69, 9.17) is 9.84 Å². The van der Waals surface area contributed by atoms with Crippen LogP contribution < -0.4 is 10.1 Å². The molecule has 0 unspecified atom stereocenters. The zero-order valence-corrected chi connectivity index (χ0v) is 10.8. The molecule has 0 spiro atoms. The molecule has 18 heavy (non-hydrogen) atoms. The van der Waals surface area contributed by atoms with E-state index in [9.17, 15) is 4.79 Å². The summed E-state index contributed by atoms with van der Waals surface area (Å²) in [4.78, 5) is 11.5. The molecule has 0 aliphatic heterocycles. The Morgan fingerprint density at radius 2 is 2.06 bits per heavy atom. The highest BCUT2D eigenvalue weighted by Crippen LogP contribution is 2.17. The number of aliphatic hydroxyl groups is 1. The Morgan fingerprint density at radius 3 is 2.61 bits per heavy atom. The van der Waals surface area contributed by atoms with Crippen molar-refractivity contribution in [3.63, 3.8) is 0 Å². The lowest BCUT2D eigenvalue weighted by Gasteiger charge is -2.04. The van der Waals surface area contributed by atoms with Crippen LogP contribution >= 0.6 is 0 Å². The zero-order chi connectivity index (χ0) is 13.4. The van der Waals surface area contributed by atoms with Gasteiger partial charge in [-0.05, 0) is 36.6 Å². The Labute approximate surface area is 107 Å². The van der Waals surface area contributed by atoms with Crippen molar-refractivity contribution in [1.29, 1.82) is 0 Å². The number of nitrogens with one attached hydrogen (secondary N) is 1. The van der Waals surface area contributed by atoms with Crippen molar-refractivity contribution in [2.24, 2.45) is 0 Å². The molecule has 1 rings (SSSR count). The van der Waals surface area contributed by atoms with Crippen molar-refractivity contribution in [3.8, 4) is 5.75 Å². The van der Waals surface area contributed by atoms with Crippen LogP contribution in [-0.4, -0.2) is 31.3 Å². The first-order chi connectivity index (χ1) is 8.67. The molecule has 1 aromatic rings. The summed E-state index contributed by atoms with van der Waals surface area (Å²) in [6.07, 6.45) is 2.13. The molecule has 0 fully saturated rings. The molecule has 0 aliphatic rings. The Morgan fingerprint density at radius 1 is 1.39 bits per heavy atom. The van der Waals surface area contributed by atoms with Gasteiger partial charge in [0.2, 0.25) is 5.91 Å². The van der Waals surface area contributed by atoms with E-state index in [2.05, 4.69) is 5.32 Å². The maximum absolute atomic E-state index is 11.5. The quantitative estimate of drug-likeness (QED) is 0.594. The maximum atomic E-state index is 11.5. The Balaban J connectivity index is 2.61. The third-order valence-electron chi connectivity index (χ3n) is 2.53. The van der Waals surface area contributed by atoms with Crippen molar-refractivity contribution < 1.29 is 14.6 Å². The molecule has 4 nitrogen and oxygen atoms in total. The number of aliphatic hydroxyl groups excluding tert-OH is 1. The topological polar surface area (TPSA) is 58.6 Å². The van der Waals surface area contributed by atoms with Gasteiger partial charge >= 0.3 is 0 Å².